The molecule has 7 heteroatoms. The fourth-order valence-corrected chi connectivity index (χ4v) is 2.67. The van der Waals surface area contributed by atoms with Crippen molar-refractivity contribution >= 4 is 6.09 Å². The second kappa shape index (κ2) is 6.59. The molecule has 3 heterocycles. The molecule has 1 atom stereocenters. The first-order valence-electron chi connectivity index (χ1n) is 8.15. The van der Waals surface area contributed by atoms with Crippen molar-refractivity contribution in [1.82, 2.24) is 20.0 Å². The Balaban J connectivity index is 1.69. The lowest BCUT2D eigenvalue weighted by molar-refractivity contribution is 0.0195. The van der Waals surface area contributed by atoms with Gasteiger partial charge in [-0.25, -0.2) is 4.79 Å². The van der Waals surface area contributed by atoms with Crippen LogP contribution in [-0.2, 0) is 4.74 Å². The third-order valence-corrected chi connectivity index (χ3v) is 3.76. The Labute approximate surface area is 141 Å². The molecule has 0 N–H and O–H groups in total. The van der Waals surface area contributed by atoms with Gasteiger partial charge in [-0.2, -0.15) is 4.98 Å². The summed E-state index contributed by atoms with van der Waals surface area (Å²) in [4.78, 5) is 22.6. The zero-order chi connectivity index (χ0) is 17.2. The number of pyridine rings is 1. The molecule has 1 fully saturated rings. The van der Waals surface area contributed by atoms with Gasteiger partial charge in [-0.3, -0.25) is 4.98 Å². The normalized spacial score (nSPS) is 18.5. The van der Waals surface area contributed by atoms with Crippen LogP contribution >= 0.6 is 0 Å². The van der Waals surface area contributed by atoms with Crippen LogP contribution in [0.2, 0.25) is 0 Å². The van der Waals surface area contributed by atoms with Crippen molar-refractivity contribution in [3.63, 3.8) is 0 Å². The van der Waals surface area contributed by atoms with E-state index < -0.39 is 5.60 Å². The second-order valence-corrected chi connectivity index (χ2v) is 6.94. The summed E-state index contributed by atoms with van der Waals surface area (Å²) in [6.45, 7) is 6.83. The van der Waals surface area contributed by atoms with E-state index in [0.717, 1.165) is 12.8 Å². The quantitative estimate of drug-likeness (QED) is 0.841. The van der Waals surface area contributed by atoms with Crippen LogP contribution in [0.5, 0.6) is 0 Å². The van der Waals surface area contributed by atoms with Gasteiger partial charge in [0, 0.05) is 25.2 Å². The van der Waals surface area contributed by atoms with E-state index in [0.29, 0.717) is 30.5 Å². The predicted octanol–water partition coefficient (Wildman–Crippen LogP) is 3.25. The number of carbonyl (C=O) groups is 1. The van der Waals surface area contributed by atoms with E-state index in [9.17, 15) is 4.79 Å². The summed E-state index contributed by atoms with van der Waals surface area (Å²) in [6, 6.07) is 5.53. The number of carbonyl (C=O) groups excluding carboxylic acids is 1. The van der Waals surface area contributed by atoms with Crippen molar-refractivity contribution in [2.24, 2.45) is 0 Å². The highest BCUT2D eigenvalue weighted by molar-refractivity contribution is 5.68. The van der Waals surface area contributed by atoms with Gasteiger partial charge in [-0.15, -0.1) is 0 Å². The number of piperidine rings is 1. The van der Waals surface area contributed by atoms with Crippen molar-refractivity contribution in [2.75, 3.05) is 13.1 Å². The molecule has 0 radical (unpaired) electrons. The smallest absolute Gasteiger partial charge is 0.410 e. The highest BCUT2D eigenvalue weighted by atomic mass is 16.6. The van der Waals surface area contributed by atoms with Crippen LogP contribution in [-0.4, -0.2) is 44.8 Å². The van der Waals surface area contributed by atoms with Gasteiger partial charge < -0.3 is 14.2 Å². The van der Waals surface area contributed by atoms with E-state index in [1.54, 1.807) is 11.1 Å². The van der Waals surface area contributed by atoms with Gasteiger partial charge in [0.05, 0.1) is 0 Å². The number of amides is 1. The van der Waals surface area contributed by atoms with Gasteiger partial charge in [0.2, 0.25) is 0 Å². The average molecular weight is 330 g/mol. The van der Waals surface area contributed by atoms with E-state index in [1.165, 1.54) is 0 Å². The molecule has 0 saturated carbocycles. The number of rotatable bonds is 2. The van der Waals surface area contributed by atoms with Crippen molar-refractivity contribution < 1.29 is 14.1 Å². The summed E-state index contributed by atoms with van der Waals surface area (Å²) in [7, 11) is 0. The first-order valence-corrected chi connectivity index (χ1v) is 8.15. The van der Waals surface area contributed by atoms with Crippen molar-refractivity contribution in [2.45, 2.75) is 45.1 Å². The molecule has 2 aromatic heterocycles. The third kappa shape index (κ3) is 3.90. The van der Waals surface area contributed by atoms with E-state index in [4.69, 9.17) is 9.26 Å². The molecule has 0 aliphatic carbocycles. The molecule has 1 aliphatic rings. The summed E-state index contributed by atoms with van der Waals surface area (Å²) in [6.07, 6.45) is 3.20. The molecule has 0 unspecified atom stereocenters. The molecule has 7 nitrogen and oxygen atoms in total. The largest absolute Gasteiger partial charge is 0.444 e. The fraction of sp³-hybridized carbons (Fsp3) is 0.529. The molecule has 2 aromatic rings. The minimum absolute atomic E-state index is 0.0486. The van der Waals surface area contributed by atoms with Crippen LogP contribution in [0.3, 0.4) is 0 Å². The van der Waals surface area contributed by atoms with Gasteiger partial charge >= 0.3 is 6.09 Å². The number of likely N-dealkylation sites (tertiary alicyclic amines) is 1. The van der Waals surface area contributed by atoms with Crippen LogP contribution in [0.1, 0.15) is 45.4 Å². The zero-order valence-electron chi connectivity index (χ0n) is 14.2. The van der Waals surface area contributed by atoms with E-state index in [-0.39, 0.29) is 12.0 Å². The molecule has 128 valence electrons. The molecular weight excluding hydrogens is 308 g/mol. The third-order valence-electron chi connectivity index (χ3n) is 3.76. The minimum atomic E-state index is -0.498. The van der Waals surface area contributed by atoms with Crippen molar-refractivity contribution in [1.29, 1.82) is 0 Å². The molecule has 0 aromatic carbocycles. The van der Waals surface area contributed by atoms with Crippen molar-refractivity contribution in [3.05, 3.63) is 30.2 Å². The SMILES string of the molecule is CC(C)(C)OC(=O)N1CCC[C@H](c2noc(-c3ccccn3)n2)C1. The number of hydrogen-bond acceptors (Lipinski definition) is 6. The molecule has 3 rings (SSSR count). The lowest BCUT2D eigenvalue weighted by Gasteiger charge is -2.32. The number of ether oxygens (including phenoxy) is 1. The van der Waals surface area contributed by atoms with Crippen LogP contribution in [0, 0.1) is 0 Å². The molecule has 1 saturated heterocycles. The molecular formula is C17H22N4O3. The standard InChI is InChI=1S/C17H22N4O3/c1-17(2,3)23-16(22)21-10-6-7-12(11-21)14-19-15(24-20-14)13-8-4-5-9-18-13/h4-5,8-9,12H,6-7,10-11H2,1-3H3/t12-/m0/s1. The Morgan fingerprint density at radius 2 is 2.21 bits per heavy atom. The predicted molar refractivity (Wildman–Crippen MR) is 87.3 cm³/mol. The van der Waals surface area contributed by atoms with Gasteiger partial charge in [0.15, 0.2) is 5.82 Å². The molecule has 1 aliphatic heterocycles. The Kier molecular flexibility index (Phi) is 4.51. The molecule has 24 heavy (non-hydrogen) atoms. The van der Waals surface area contributed by atoms with E-state index in [1.807, 2.05) is 39.0 Å². The maximum atomic E-state index is 12.2. The highest BCUT2D eigenvalue weighted by Crippen LogP contribution is 2.27. The maximum Gasteiger partial charge on any atom is 0.410 e. The minimum Gasteiger partial charge on any atom is -0.444 e. The Hall–Kier alpha value is -2.44. The summed E-state index contributed by atoms with van der Waals surface area (Å²) in [5.74, 6) is 1.07. The Morgan fingerprint density at radius 3 is 2.92 bits per heavy atom. The number of hydrogen-bond donors (Lipinski definition) is 0. The molecule has 1 amide bonds. The number of nitrogens with zero attached hydrogens (tertiary/aromatic N) is 4. The summed E-state index contributed by atoms with van der Waals surface area (Å²) in [5, 5.41) is 4.08. The molecule has 0 bridgehead atoms. The van der Waals surface area contributed by atoms with Crippen LogP contribution < -0.4 is 0 Å². The lowest BCUT2D eigenvalue weighted by atomic mass is 9.98. The van der Waals surface area contributed by atoms with Gasteiger partial charge in [0.1, 0.15) is 11.3 Å². The summed E-state index contributed by atoms with van der Waals surface area (Å²) < 4.78 is 10.8. The lowest BCUT2D eigenvalue weighted by Crippen LogP contribution is -2.42. The average Bonchev–Trinajstić information content (AvgIpc) is 3.04. The zero-order valence-corrected chi connectivity index (χ0v) is 14.2. The monoisotopic (exact) mass is 330 g/mol. The topological polar surface area (TPSA) is 81.4 Å². The first-order chi connectivity index (χ1) is 11.4. The Morgan fingerprint density at radius 1 is 1.38 bits per heavy atom. The van der Waals surface area contributed by atoms with Gasteiger partial charge in [-0.1, -0.05) is 11.2 Å². The van der Waals surface area contributed by atoms with E-state index >= 15 is 0 Å². The second-order valence-electron chi connectivity index (χ2n) is 6.94. The van der Waals surface area contributed by atoms with Gasteiger partial charge in [-0.05, 0) is 45.7 Å². The summed E-state index contributed by atoms with van der Waals surface area (Å²) in [5.41, 5.74) is 0.151. The van der Waals surface area contributed by atoms with E-state index in [2.05, 4.69) is 15.1 Å². The molecule has 0 spiro atoms. The van der Waals surface area contributed by atoms with Crippen LogP contribution in [0.4, 0.5) is 4.79 Å². The first kappa shape index (κ1) is 16.4. The number of aromatic nitrogens is 3. The highest BCUT2D eigenvalue weighted by Gasteiger charge is 2.30. The van der Waals surface area contributed by atoms with Crippen LogP contribution in [0.25, 0.3) is 11.6 Å². The van der Waals surface area contributed by atoms with Crippen molar-refractivity contribution in [3.8, 4) is 11.6 Å². The summed E-state index contributed by atoms with van der Waals surface area (Å²) >= 11 is 0. The Bertz CT molecular complexity index is 693. The fourth-order valence-electron chi connectivity index (χ4n) is 2.67. The van der Waals surface area contributed by atoms with Gasteiger partial charge in [0.25, 0.3) is 5.89 Å². The van der Waals surface area contributed by atoms with Crippen LogP contribution in [0.15, 0.2) is 28.9 Å². The maximum absolute atomic E-state index is 12.2.